The minimum Gasteiger partial charge on any atom is -0.375 e. The van der Waals surface area contributed by atoms with Crippen LogP contribution in [0.4, 0.5) is 5.13 Å². The number of thiazole rings is 1. The van der Waals surface area contributed by atoms with Crippen LogP contribution in [0.5, 0.6) is 0 Å². The molecule has 7 heteroatoms. The maximum Gasteiger partial charge on any atom is 0.263 e. The molecule has 2 aromatic heterocycles. The van der Waals surface area contributed by atoms with Gasteiger partial charge in [0.1, 0.15) is 4.88 Å². The zero-order chi connectivity index (χ0) is 15.6. The Hall–Kier alpha value is -1.89. The zero-order valence-corrected chi connectivity index (χ0v) is 13.6. The van der Waals surface area contributed by atoms with E-state index in [9.17, 15) is 4.79 Å². The van der Waals surface area contributed by atoms with Gasteiger partial charge in [0.2, 0.25) is 0 Å². The summed E-state index contributed by atoms with van der Waals surface area (Å²) in [4.78, 5) is 21.2. The lowest BCUT2D eigenvalue weighted by molar-refractivity contribution is 0.0896. The first kappa shape index (κ1) is 15.5. The van der Waals surface area contributed by atoms with Gasteiger partial charge >= 0.3 is 0 Å². The highest BCUT2D eigenvalue weighted by molar-refractivity contribution is 7.17. The molecule has 114 valence electrons. The van der Waals surface area contributed by atoms with Gasteiger partial charge in [-0.25, -0.2) is 9.97 Å². The van der Waals surface area contributed by atoms with Crippen molar-refractivity contribution in [2.45, 2.75) is 40.3 Å². The third-order valence-electron chi connectivity index (χ3n) is 3.32. The van der Waals surface area contributed by atoms with Crippen LogP contribution in [0.2, 0.25) is 0 Å². The molecular weight excluding hydrogens is 286 g/mol. The molecule has 1 amide bonds. The van der Waals surface area contributed by atoms with Crippen molar-refractivity contribution >= 4 is 22.4 Å². The predicted octanol–water partition coefficient (Wildman–Crippen LogP) is 2.07. The summed E-state index contributed by atoms with van der Waals surface area (Å²) < 4.78 is 1.96. The maximum atomic E-state index is 12.4. The average molecular weight is 307 g/mol. The molecule has 2 aromatic rings. The van der Waals surface area contributed by atoms with Crippen molar-refractivity contribution in [1.29, 1.82) is 0 Å². The molecule has 6 nitrogen and oxygen atoms in total. The van der Waals surface area contributed by atoms with E-state index in [1.807, 2.05) is 10.8 Å². The van der Waals surface area contributed by atoms with Gasteiger partial charge in [0, 0.05) is 18.9 Å². The third-order valence-corrected chi connectivity index (χ3v) is 4.31. The summed E-state index contributed by atoms with van der Waals surface area (Å²) in [6.07, 6.45) is 5.37. The van der Waals surface area contributed by atoms with E-state index in [0.717, 1.165) is 0 Å². The lowest BCUT2D eigenvalue weighted by Gasteiger charge is -2.31. The summed E-state index contributed by atoms with van der Waals surface area (Å²) in [6, 6.07) is -0.0260. The van der Waals surface area contributed by atoms with Crippen molar-refractivity contribution in [2.75, 3.05) is 5.73 Å². The molecule has 0 saturated heterocycles. The van der Waals surface area contributed by atoms with Crippen LogP contribution in [0.1, 0.15) is 36.1 Å². The summed E-state index contributed by atoms with van der Waals surface area (Å²) in [5.41, 5.74) is 6.25. The second kappa shape index (κ2) is 5.85. The molecule has 21 heavy (non-hydrogen) atoms. The summed E-state index contributed by atoms with van der Waals surface area (Å²) in [6.45, 7) is 8.76. The number of hydrogen-bond donors (Lipinski definition) is 2. The quantitative estimate of drug-likeness (QED) is 0.905. The Kier molecular flexibility index (Phi) is 4.32. The Bertz CT molecular complexity index is 612. The second-order valence-corrected chi connectivity index (χ2v) is 7.15. The topological polar surface area (TPSA) is 85.8 Å². The number of aryl methyl sites for hydroxylation is 1. The van der Waals surface area contributed by atoms with Crippen molar-refractivity contribution < 1.29 is 4.79 Å². The second-order valence-electron chi connectivity index (χ2n) is 6.12. The van der Waals surface area contributed by atoms with Gasteiger partial charge < -0.3 is 15.6 Å². The van der Waals surface area contributed by atoms with Crippen LogP contribution < -0.4 is 11.1 Å². The lowest BCUT2D eigenvalue weighted by atomic mass is 9.86. The number of rotatable bonds is 4. The molecule has 0 spiro atoms. The Morgan fingerprint density at radius 2 is 2.24 bits per heavy atom. The summed E-state index contributed by atoms with van der Waals surface area (Å²) in [7, 11) is 0. The summed E-state index contributed by atoms with van der Waals surface area (Å²) >= 11 is 1.22. The molecule has 2 rings (SSSR count). The zero-order valence-electron chi connectivity index (χ0n) is 12.8. The van der Waals surface area contributed by atoms with Crippen molar-refractivity contribution in [3.05, 3.63) is 29.3 Å². The Labute approximate surface area is 128 Å². The fourth-order valence-corrected chi connectivity index (χ4v) is 2.73. The van der Waals surface area contributed by atoms with Crippen LogP contribution in [0, 0.1) is 12.3 Å². The lowest BCUT2D eigenvalue weighted by Crippen LogP contribution is -2.46. The Balaban J connectivity index is 2.15. The molecule has 0 aliphatic heterocycles. The monoisotopic (exact) mass is 307 g/mol. The van der Waals surface area contributed by atoms with Gasteiger partial charge in [-0.15, -0.1) is 0 Å². The molecule has 0 bridgehead atoms. The SMILES string of the molecule is Cc1nc(N)sc1C(=O)NC(Cn1ccnc1)C(C)(C)C. The Morgan fingerprint density at radius 1 is 1.52 bits per heavy atom. The van der Waals surface area contributed by atoms with Crippen molar-refractivity contribution in [2.24, 2.45) is 5.41 Å². The number of imidazole rings is 1. The number of carbonyl (C=O) groups is 1. The van der Waals surface area contributed by atoms with Crippen LogP contribution >= 0.6 is 11.3 Å². The number of nitrogens with one attached hydrogen (secondary N) is 1. The van der Waals surface area contributed by atoms with E-state index in [4.69, 9.17) is 5.73 Å². The van der Waals surface area contributed by atoms with Gasteiger partial charge in [-0.2, -0.15) is 0 Å². The van der Waals surface area contributed by atoms with Crippen LogP contribution in [0.15, 0.2) is 18.7 Å². The normalized spacial score (nSPS) is 13.1. The number of carbonyl (C=O) groups excluding carboxylic acids is 1. The Morgan fingerprint density at radius 3 is 2.71 bits per heavy atom. The fraction of sp³-hybridized carbons (Fsp3) is 0.500. The van der Waals surface area contributed by atoms with Crippen LogP contribution in [-0.4, -0.2) is 26.5 Å². The standard InChI is InChI=1S/C14H21N5OS/c1-9-11(21-13(15)17-9)12(20)18-10(14(2,3)4)7-19-6-5-16-8-19/h5-6,8,10H,7H2,1-4H3,(H2,15,17)(H,18,20). The van der Waals surface area contributed by atoms with Gasteiger partial charge in [-0.3, -0.25) is 4.79 Å². The fourth-order valence-electron chi connectivity index (χ4n) is 1.99. The molecule has 0 radical (unpaired) electrons. The van der Waals surface area contributed by atoms with Crippen molar-refractivity contribution in [3.63, 3.8) is 0 Å². The molecule has 0 aromatic carbocycles. The molecule has 0 aliphatic carbocycles. The minimum atomic E-state index is -0.123. The smallest absolute Gasteiger partial charge is 0.263 e. The van der Waals surface area contributed by atoms with Crippen LogP contribution in [0.3, 0.4) is 0 Å². The van der Waals surface area contributed by atoms with Gasteiger partial charge in [-0.05, 0) is 12.3 Å². The average Bonchev–Trinajstić information content (AvgIpc) is 2.96. The van der Waals surface area contributed by atoms with E-state index in [1.165, 1.54) is 11.3 Å². The van der Waals surface area contributed by atoms with E-state index in [1.54, 1.807) is 19.4 Å². The van der Waals surface area contributed by atoms with Gasteiger partial charge in [0.15, 0.2) is 5.13 Å². The maximum absolute atomic E-state index is 12.4. The van der Waals surface area contributed by atoms with E-state index >= 15 is 0 Å². The van der Waals surface area contributed by atoms with E-state index < -0.39 is 0 Å². The summed E-state index contributed by atoms with van der Waals surface area (Å²) in [5.74, 6) is -0.123. The molecule has 0 fully saturated rings. The molecule has 0 aliphatic rings. The number of hydrogen-bond acceptors (Lipinski definition) is 5. The molecule has 3 N–H and O–H groups in total. The largest absolute Gasteiger partial charge is 0.375 e. The number of nitrogens with two attached hydrogens (primary N) is 1. The van der Waals surface area contributed by atoms with Gasteiger partial charge in [0.05, 0.1) is 18.1 Å². The third kappa shape index (κ3) is 3.81. The van der Waals surface area contributed by atoms with Gasteiger partial charge in [-0.1, -0.05) is 32.1 Å². The first-order valence-electron chi connectivity index (χ1n) is 6.77. The first-order chi connectivity index (χ1) is 9.77. The van der Waals surface area contributed by atoms with Crippen molar-refractivity contribution in [3.8, 4) is 0 Å². The number of anilines is 1. The summed E-state index contributed by atoms with van der Waals surface area (Å²) in [5, 5.41) is 3.51. The number of nitrogens with zero attached hydrogens (tertiary/aromatic N) is 3. The van der Waals surface area contributed by atoms with Crippen LogP contribution in [-0.2, 0) is 6.54 Å². The van der Waals surface area contributed by atoms with Crippen molar-refractivity contribution in [1.82, 2.24) is 19.9 Å². The minimum absolute atomic E-state index is 0.0260. The highest BCUT2D eigenvalue weighted by Gasteiger charge is 2.28. The molecular formula is C14H21N5OS. The van der Waals surface area contributed by atoms with Gasteiger partial charge in [0.25, 0.3) is 5.91 Å². The van der Waals surface area contributed by atoms with E-state index in [0.29, 0.717) is 22.2 Å². The van der Waals surface area contributed by atoms with Crippen LogP contribution in [0.25, 0.3) is 0 Å². The number of amides is 1. The van der Waals surface area contributed by atoms with E-state index in [2.05, 4.69) is 36.1 Å². The molecule has 0 saturated carbocycles. The highest BCUT2D eigenvalue weighted by Crippen LogP contribution is 2.24. The molecule has 1 atom stereocenters. The number of aromatic nitrogens is 3. The predicted molar refractivity (Wildman–Crippen MR) is 84.2 cm³/mol. The van der Waals surface area contributed by atoms with E-state index in [-0.39, 0.29) is 17.4 Å². The number of nitrogen functional groups attached to an aromatic ring is 1. The highest BCUT2D eigenvalue weighted by atomic mass is 32.1. The first-order valence-corrected chi connectivity index (χ1v) is 7.58. The molecule has 1 unspecified atom stereocenters. The molecule has 2 heterocycles.